The minimum absolute atomic E-state index is 0.178. The molecule has 2 N–H and O–H groups in total. The fourth-order valence-corrected chi connectivity index (χ4v) is 2.63. The fourth-order valence-electron chi connectivity index (χ4n) is 2.63. The zero-order chi connectivity index (χ0) is 18.5. The first-order valence-electron chi connectivity index (χ1n) is 8.23. The molecular weight excluding hydrogens is 335 g/mol. The molecule has 0 radical (unpaired) electrons. The number of para-hydroxylation sites is 1. The van der Waals surface area contributed by atoms with Crippen LogP contribution in [0.1, 0.15) is 12.2 Å². The van der Waals surface area contributed by atoms with Gasteiger partial charge in [-0.2, -0.15) is 0 Å². The molecule has 0 atom stereocenters. The quantitative estimate of drug-likeness (QED) is 0.713. The van der Waals surface area contributed by atoms with Crippen molar-refractivity contribution in [1.29, 1.82) is 0 Å². The van der Waals surface area contributed by atoms with E-state index in [1.165, 1.54) is 12.1 Å². The number of amides is 1. The Balaban J connectivity index is 1.56. The molecule has 1 aromatic heterocycles. The molecular formula is C19H19FN4O2. The summed E-state index contributed by atoms with van der Waals surface area (Å²) in [6.45, 7) is 0.880. The Morgan fingerprint density at radius 3 is 2.85 bits per heavy atom. The van der Waals surface area contributed by atoms with Crippen molar-refractivity contribution in [3.63, 3.8) is 0 Å². The van der Waals surface area contributed by atoms with E-state index in [9.17, 15) is 14.0 Å². The number of hydrogen-bond donors (Lipinski definition) is 2. The van der Waals surface area contributed by atoms with Crippen molar-refractivity contribution < 1.29 is 9.18 Å². The normalized spacial score (nSPS) is 11.0. The van der Waals surface area contributed by atoms with Gasteiger partial charge in [-0.25, -0.2) is 9.37 Å². The molecule has 3 aromatic rings. The van der Waals surface area contributed by atoms with E-state index >= 15 is 0 Å². The van der Waals surface area contributed by atoms with Gasteiger partial charge in [0.05, 0.1) is 17.4 Å². The summed E-state index contributed by atoms with van der Waals surface area (Å²) in [6, 6.07) is 12.9. The summed E-state index contributed by atoms with van der Waals surface area (Å²) in [4.78, 5) is 33.1. The molecule has 26 heavy (non-hydrogen) atoms. The molecule has 0 unspecified atom stereocenters. The van der Waals surface area contributed by atoms with Gasteiger partial charge in [0.25, 0.3) is 5.56 Å². The SMILES string of the molecule is CN(CCC(=O)Nc1cccc(F)c1)Cc1nc2ccccc2c(=O)[nH]1. The number of benzene rings is 2. The molecule has 1 heterocycles. The third kappa shape index (κ3) is 4.52. The molecule has 0 saturated heterocycles. The van der Waals surface area contributed by atoms with Crippen molar-refractivity contribution in [3.8, 4) is 0 Å². The number of fused-ring (bicyclic) bond motifs is 1. The summed E-state index contributed by atoms with van der Waals surface area (Å²) < 4.78 is 13.1. The summed E-state index contributed by atoms with van der Waals surface area (Å²) in [5.41, 5.74) is 0.893. The van der Waals surface area contributed by atoms with Crippen molar-refractivity contribution in [3.05, 3.63) is 70.5 Å². The highest BCUT2D eigenvalue weighted by Crippen LogP contribution is 2.10. The Morgan fingerprint density at radius 1 is 1.23 bits per heavy atom. The smallest absolute Gasteiger partial charge is 0.258 e. The van der Waals surface area contributed by atoms with E-state index in [0.29, 0.717) is 35.5 Å². The van der Waals surface area contributed by atoms with Crippen LogP contribution in [0.2, 0.25) is 0 Å². The maximum atomic E-state index is 13.1. The molecule has 0 bridgehead atoms. The number of carbonyl (C=O) groups is 1. The van der Waals surface area contributed by atoms with E-state index in [2.05, 4.69) is 15.3 Å². The largest absolute Gasteiger partial charge is 0.326 e. The Kier molecular flexibility index (Phi) is 5.38. The zero-order valence-corrected chi connectivity index (χ0v) is 14.3. The summed E-state index contributed by atoms with van der Waals surface area (Å²) in [7, 11) is 1.84. The third-order valence-corrected chi connectivity index (χ3v) is 3.91. The number of nitrogens with one attached hydrogen (secondary N) is 2. The number of anilines is 1. The number of aromatic amines is 1. The lowest BCUT2D eigenvalue weighted by Crippen LogP contribution is -2.26. The van der Waals surface area contributed by atoms with Crippen LogP contribution >= 0.6 is 0 Å². The Labute approximate surface area is 149 Å². The predicted molar refractivity (Wildman–Crippen MR) is 98.3 cm³/mol. The van der Waals surface area contributed by atoms with Crippen molar-refractivity contribution in [2.24, 2.45) is 0 Å². The highest BCUT2D eigenvalue weighted by molar-refractivity contribution is 5.90. The molecule has 2 aromatic carbocycles. The molecule has 0 saturated carbocycles. The summed E-state index contributed by atoms with van der Waals surface area (Å²) in [6.07, 6.45) is 0.241. The van der Waals surface area contributed by atoms with E-state index in [-0.39, 0.29) is 17.9 Å². The van der Waals surface area contributed by atoms with E-state index in [0.717, 1.165) is 0 Å². The number of hydrogen-bond acceptors (Lipinski definition) is 4. The predicted octanol–water partition coefficient (Wildman–Crippen LogP) is 2.52. The number of rotatable bonds is 6. The van der Waals surface area contributed by atoms with Crippen LogP contribution in [0, 0.1) is 5.82 Å². The molecule has 7 heteroatoms. The fraction of sp³-hybridized carbons (Fsp3) is 0.211. The van der Waals surface area contributed by atoms with Gasteiger partial charge in [0, 0.05) is 18.7 Å². The highest BCUT2D eigenvalue weighted by atomic mass is 19.1. The molecule has 3 rings (SSSR count). The van der Waals surface area contributed by atoms with Gasteiger partial charge in [-0.1, -0.05) is 18.2 Å². The van der Waals surface area contributed by atoms with Crippen molar-refractivity contribution in [1.82, 2.24) is 14.9 Å². The average molecular weight is 354 g/mol. The standard InChI is InChI=1S/C19H19FN4O2/c1-24(10-9-18(25)21-14-6-4-5-13(20)11-14)12-17-22-16-8-3-2-7-15(16)19(26)23-17/h2-8,11H,9-10,12H2,1H3,(H,21,25)(H,22,23,26). The van der Waals surface area contributed by atoms with Crippen LogP contribution in [0.25, 0.3) is 10.9 Å². The number of aromatic nitrogens is 2. The van der Waals surface area contributed by atoms with E-state index < -0.39 is 5.82 Å². The first-order valence-corrected chi connectivity index (χ1v) is 8.23. The third-order valence-electron chi connectivity index (χ3n) is 3.91. The second-order valence-corrected chi connectivity index (χ2v) is 6.08. The van der Waals surface area contributed by atoms with Gasteiger partial charge in [-0.3, -0.25) is 14.5 Å². The average Bonchev–Trinajstić information content (AvgIpc) is 2.60. The van der Waals surface area contributed by atoms with Gasteiger partial charge in [0.1, 0.15) is 11.6 Å². The summed E-state index contributed by atoms with van der Waals surface area (Å²) >= 11 is 0. The minimum atomic E-state index is -0.397. The van der Waals surface area contributed by atoms with Gasteiger partial charge in [-0.05, 0) is 37.4 Å². The molecule has 0 spiro atoms. The summed E-state index contributed by atoms with van der Waals surface area (Å²) in [5, 5.41) is 3.21. The molecule has 1 amide bonds. The number of carbonyl (C=O) groups excluding carboxylic acids is 1. The topological polar surface area (TPSA) is 78.1 Å². The van der Waals surface area contributed by atoms with Crippen molar-refractivity contribution >= 4 is 22.5 Å². The van der Waals surface area contributed by atoms with Crippen LogP contribution in [-0.4, -0.2) is 34.4 Å². The van der Waals surface area contributed by atoms with Crippen LogP contribution < -0.4 is 10.9 Å². The van der Waals surface area contributed by atoms with Gasteiger partial charge in [0.15, 0.2) is 0 Å². The van der Waals surface area contributed by atoms with Gasteiger partial charge < -0.3 is 10.3 Å². The minimum Gasteiger partial charge on any atom is -0.326 e. The van der Waals surface area contributed by atoms with Crippen LogP contribution in [0.15, 0.2) is 53.3 Å². The Morgan fingerprint density at radius 2 is 2.04 bits per heavy atom. The van der Waals surface area contributed by atoms with Crippen LogP contribution in [-0.2, 0) is 11.3 Å². The number of halogens is 1. The molecule has 6 nitrogen and oxygen atoms in total. The maximum absolute atomic E-state index is 13.1. The lowest BCUT2D eigenvalue weighted by molar-refractivity contribution is -0.116. The monoisotopic (exact) mass is 354 g/mol. The zero-order valence-electron chi connectivity index (χ0n) is 14.3. The van der Waals surface area contributed by atoms with Crippen molar-refractivity contribution in [2.75, 3.05) is 18.9 Å². The van der Waals surface area contributed by atoms with Gasteiger partial charge >= 0.3 is 0 Å². The van der Waals surface area contributed by atoms with Crippen molar-refractivity contribution in [2.45, 2.75) is 13.0 Å². The number of nitrogens with zero attached hydrogens (tertiary/aromatic N) is 2. The summed E-state index contributed by atoms with van der Waals surface area (Å²) in [5.74, 6) is -0.0598. The van der Waals surface area contributed by atoms with Gasteiger partial charge in [0.2, 0.25) is 5.91 Å². The second kappa shape index (κ2) is 7.88. The molecule has 0 aliphatic rings. The molecule has 0 fully saturated rings. The molecule has 134 valence electrons. The maximum Gasteiger partial charge on any atom is 0.258 e. The Bertz CT molecular complexity index is 986. The lowest BCUT2D eigenvalue weighted by atomic mass is 10.2. The van der Waals surface area contributed by atoms with Crippen LogP contribution in [0.3, 0.4) is 0 Å². The van der Waals surface area contributed by atoms with E-state index in [1.807, 2.05) is 18.0 Å². The first-order chi connectivity index (χ1) is 12.5. The Hall–Kier alpha value is -3.06. The second-order valence-electron chi connectivity index (χ2n) is 6.08. The molecule has 0 aliphatic heterocycles. The lowest BCUT2D eigenvalue weighted by Gasteiger charge is -2.16. The van der Waals surface area contributed by atoms with E-state index in [1.54, 1.807) is 30.3 Å². The molecule has 0 aliphatic carbocycles. The highest BCUT2D eigenvalue weighted by Gasteiger charge is 2.09. The number of H-pyrrole nitrogens is 1. The van der Waals surface area contributed by atoms with E-state index in [4.69, 9.17) is 0 Å². The van der Waals surface area contributed by atoms with Crippen LogP contribution in [0.5, 0.6) is 0 Å². The van der Waals surface area contributed by atoms with Gasteiger partial charge in [-0.15, -0.1) is 0 Å². The first kappa shape index (κ1) is 17.8. The van der Waals surface area contributed by atoms with Crippen LogP contribution in [0.4, 0.5) is 10.1 Å².